The summed E-state index contributed by atoms with van der Waals surface area (Å²) in [5.41, 5.74) is 1.03. The average Bonchev–Trinajstić information content (AvgIpc) is 2.63. The van der Waals surface area contributed by atoms with Crippen LogP contribution in [0, 0.1) is 6.92 Å². The van der Waals surface area contributed by atoms with Crippen LogP contribution in [0.4, 0.5) is 0 Å². The van der Waals surface area contributed by atoms with Crippen LogP contribution in [0.1, 0.15) is 43.9 Å². The lowest BCUT2D eigenvalue weighted by molar-refractivity contribution is -0.137. The van der Waals surface area contributed by atoms with E-state index in [-0.39, 0.29) is 12.5 Å². The molecule has 1 rings (SSSR count). The minimum absolute atomic E-state index is 0.166. The van der Waals surface area contributed by atoms with E-state index < -0.39 is 5.97 Å². The largest absolute Gasteiger partial charge is 0.481 e. The highest BCUT2D eigenvalue weighted by atomic mass is 32.1. The number of aryl methyl sites for hydroxylation is 1. The van der Waals surface area contributed by atoms with Crippen molar-refractivity contribution in [2.24, 2.45) is 0 Å². The zero-order valence-electron chi connectivity index (χ0n) is 10.8. The summed E-state index contributed by atoms with van der Waals surface area (Å²) >= 11 is 1.63. The number of carboxylic acids is 1. The predicted octanol–water partition coefficient (Wildman–Crippen LogP) is 2.70. The Hall–Kier alpha value is -0.940. The van der Waals surface area contributed by atoms with Crippen molar-refractivity contribution in [3.05, 3.63) is 16.1 Å². The number of carbonyl (C=O) groups is 1. The normalized spacial score (nSPS) is 13.3. The van der Waals surface area contributed by atoms with Crippen LogP contribution in [-0.4, -0.2) is 33.5 Å². The summed E-state index contributed by atoms with van der Waals surface area (Å²) in [6.45, 7) is 8.79. The summed E-state index contributed by atoms with van der Waals surface area (Å²) in [4.78, 5) is 17.3. The van der Waals surface area contributed by atoms with Crippen LogP contribution in [0.3, 0.4) is 0 Å². The molecule has 0 aliphatic carbocycles. The zero-order valence-corrected chi connectivity index (χ0v) is 11.6. The van der Waals surface area contributed by atoms with Gasteiger partial charge in [-0.25, -0.2) is 4.98 Å². The van der Waals surface area contributed by atoms with Crippen LogP contribution >= 0.6 is 11.3 Å². The summed E-state index contributed by atoms with van der Waals surface area (Å²) in [5, 5.41) is 11.9. The summed E-state index contributed by atoms with van der Waals surface area (Å²) in [5.74, 6) is -0.752. The van der Waals surface area contributed by atoms with Gasteiger partial charge in [0.2, 0.25) is 0 Å². The van der Waals surface area contributed by atoms with E-state index in [4.69, 9.17) is 5.11 Å². The molecule has 0 aliphatic rings. The first kappa shape index (κ1) is 14.1. The SMILES string of the molecule is Cc1nc(C(C)N(CCC(=O)O)C(C)C)cs1. The third-order valence-corrected chi connectivity index (χ3v) is 3.60. The van der Waals surface area contributed by atoms with Gasteiger partial charge in [0.1, 0.15) is 0 Å². The monoisotopic (exact) mass is 256 g/mol. The van der Waals surface area contributed by atoms with Crippen LogP contribution in [0.2, 0.25) is 0 Å². The second-order valence-corrected chi connectivity index (χ2v) is 5.50. The van der Waals surface area contributed by atoms with Gasteiger partial charge in [-0.1, -0.05) is 0 Å². The minimum Gasteiger partial charge on any atom is -0.481 e. The van der Waals surface area contributed by atoms with Crippen molar-refractivity contribution in [3.63, 3.8) is 0 Å². The fourth-order valence-corrected chi connectivity index (χ4v) is 2.56. The molecule has 0 aromatic carbocycles. The fourth-order valence-electron chi connectivity index (χ4n) is 1.87. The first-order valence-electron chi connectivity index (χ1n) is 5.81. The van der Waals surface area contributed by atoms with Crippen LogP contribution in [-0.2, 0) is 4.79 Å². The summed E-state index contributed by atoms with van der Waals surface area (Å²) in [7, 11) is 0. The standard InChI is InChI=1S/C12H20N2O2S/c1-8(2)14(6-5-12(15)16)9(3)11-7-17-10(4)13-11/h7-9H,5-6H2,1-4H3,(H,15,16). The van der Waals surface area contributed by atoms with E-state index in [9.17, 15) is 4.79 Å². The second kappa shape index (κ2) is 6.12. The molecule has 0 saturated carbocycles. The highest BCUT2D eigenvalue weighted by Gasteiger charge is 2.21. The van der Waals surface area contributed by atoms with E-state index in [1.165, 1.54) is 0 Å². The lowest BCUT2D eigenvalue weighted by Gasteiger charge is -2.31. The Morgan fingerprint density at radius 3 is 2.59 bits per heavy atom. The number of nitrogens with zero attached hydrogens (tertiary/aromatic N) is 2. The van der Waals surface area contributed by atoms with Gasteiger partial charge in [-0.3, -0.25) is 9.69 Å². The quantitative estimate of drug-likeness (QED) is 0.850. The van der Waals surface area contributed by atoms with Crippen molar-refractivity contribution in [2.75, 3.05) is 6.54 Å². The molecule has 0 spiro atoms. The molecule has 0 bridgehead atoms. The number of hydrogen-bond acceptors (Lipinski definition) is 4. The highest BCUT2D eigenvalue weighted by Crippen LogP contribution is 2.23. The van der Waals surface area contributed by atoms with Gasteiger partial charge < -0.3 is 5.11 Å². The molecule has 4 nitrogen and oxygen atoms in total. The molecule has 1 unspecified atom stereocenters. The Labute approximate surface area is 106 Å². The first-order chi connectivity index (χ1) is 7.91. The summed E-state index contributed by atoms with van der Waals surface area (Å²) < 4.78 is 0. The van der Waals surface area contributed by atoms with E-state index in [0.29, 0.717) is 12.6 Å². The number of thiazole rings is 1. The molecular formula is C12H20N2O2S. The lowest BCUT2D eigenvalue weighted by Crippen LogP contribution is -2.35. The van der Waals surface area contributed by atoms with E-state index in [2.05, 4.69) is 36.0 Å². The molecule has 1 heterocycles. The Kier molecular flexibility index (Phi) is 5.08. The van der Waals surface area contributed by atoms with E-state index >= 15 is 0 Å². The molecule has 1 aromatic rings. The maximum Gasteiger partial charge on any atom is 0.304 e. The number of aromatic nitrogens is 1. The van der Waals surface area contributed by atoms with Gasteiger partial charge >= 0.3 is 5.97 Å². The lowest BCUT2D eigenvalue weighted by atomic mass is 10.1. The smallest absolute Gasteiger partial charge is 0.304 e. The molecule has 17 heavy (non-hydrogen) atoms. The Morgan fingerprint density at radius 1 is 1.53 bits per heavy atom. The number of hydrogen-bond donors (Lipinski definition) is 1. The Balaban J connectivity index is 2.73. The molecule has 96 valence electrons. The third kappa shape index (κ3) is 4.09. The fraction of sp³-hybridized carbons (Fsp3) is 0.667. The number of aliphatic carboxylic acids is 1. The minimum atomic E-state index is -0.752. The van der Waals surface area contributed by atoms with Crippen molar-refractivity contribution in [1.82, 2.24) is 9.88 Å². The summed E-state index contributed by atoms with van der Waals surface area (Å²) in [6, 6.07) is 0.477. The van der Waals surface area contributed by atoms with Gasteiger partial charge in [-0.05, 0) is 27.7 Å². The van der Waals surface area contributed by atoms with Crippen molar-refractivity contribution >= 4 is 17.3 Å². The van der Waals surface area contributed by atoms with Crippen LogP contribution < -0.4 is 0 Å². The highest BCUT2D eigenvalue weighted by molar-refractivity contribution is 7.09. The topological polar surface area (TPSA) is 53.4 Å². The van der Waals surface area contributed by atoms with Gasteiger partial charge in [-0.2, -0.15) is 0 Å². The van der Waals surface area contributed by atoms with Crippen molar-refractivity contribution in [2.45, 2.75) is 46.2 Å². The van der Waals surface area contributed by atoms with Gasteiger partial charge in [0.15, 0.2) is 0 Å². The van der Waals surface area contributed by atoms with Crippen molar-refractivity contribution < 1.29 is 9.90 Å². The molecule has 5 heteroatoms. The van der Waals surface area contributed by atoms with Gasteiger partial charge in [0.05, 0.1) is 23.2 Å². The molecule has 0 saturated heterocycles. The second-order valence-electron chi connectivity index (χ2n) is 4.44. The Bertz CT molecular complexity index is 376. The van der Waals surface area contributed by atoms with E-state index in [1.807, 2.05) is 6.92 Å². The molecule has 0 amide bonds. The summed E-state index contributed by atoms with van der Waals surface area (Å²) in [6.07, 6.45) is 0.172. The van der Waals surface area contributed by atoms with Crippen molar-refractivity contribution in [3.8, 4) is 0 Å². The van der Waals surface area contributed by atoms with Crippen molar-refractivity contribution in [1.29, 1.82) is 0 Å². The van der Waals surface area contributed by atoms with E-state index in [1.54, 1.807) is 11.3 Å². The molecule has 0 aliphatic heterocycles. The Morgan fingerprint density at radius 2 is 2.18 bits per heavy atom. The average molecular weight is 256 g/mol. The molecule has 0 fully saturated rings. The third-order valence-electron chi connectivity index (χ3n) is 2.81. The molecule has 1 atom stereocenters. The van der Waals surface area contributed by atoms with Gasteiger partial charge in [0, 0.05) is 18.0 Å². The molecule has 0 radical (unpaired) electrons. The van der Waals surface area contributed by atoms with Crippen LogP contribution in [0.15, 0.2) is 5.38 Å². The number of carboxylic acid groups (broad SMARTS) is 1. The predicted molar refractivity (Wildman–Crippen MR) is 69.4 cm³/mol. The maximum absolute atomic E-state index is 10.6. The van der Waals surface area contributed by atoms with Crippen LogP contribution in [0.5, 0.6) is 0 Å². The molecular weight excluding hydrogens is 236 g/mol. The zero-order chi connectivity index (χ0) is 13.0. The van der Waals surface area contributed by atoms with Gasteiger partial charge in [-0.15, -0.1) is 11.3 Å². The molecule has 1 N–H and O–H groups in total. The first-order valence-corrected chi connectivity index (χ1v) is 6.69. The van der Waals surface area contributed by atoms with Gasteiger partial charge in [0.25, 0.3) is 0 Å². The maximum atomic E-state index is 10.6. The molecule has 1 aromatic heterocycles. The van der Waals surface area contributed by atoms with E-state index in [0.717, 1.165) is 10.7 Å². The van der Waals surface area contributed by atoms with Crippen LogP contribution in [0.25, 0.3) is 0 Å². The number of rotatable bonds is 6.